The molecule has 1 N–H and O–H groups in total. The van der Waals surface area contributed by atoms with E-state index in [2.05, 4.69) is 33.2 Å². The molecule has 0 aliphatic heterocycles. The van der Waals surface area contributed by atoms with Gasteiger partial charge in [-0.2, -0.15) is 0 Å². The second kappa shape index (κ2) is 6.36. The Hall–Kier alpha value is -0.840. The first-order valence-corrected chi connectivity index (χ1v) is 6.99. The quantitative estimate of drug-likeness (QED) is 0.833. The lowest BCUT2D eigenvalue weighted by Crippen LogP contribution is -2.13. The number of aromatic nitrogens is 1. The maximum atomic E-state index is 6.21. The average molecular weight is 330 g/mol. The summed E-state index contributed by atoms with van der Waals surface area (Å²) in [7, 11) is 0. The van der Waals surface area contributed by atoms with Crippen LogP contribution in [0.1, 0.15) is 19.2 Å². The molecule has 1 aromatic heterocycles. The molecule has 0 fully saturated rings. The molecular formula is C13H14BrClN2O. The van der Waals surface area contributed by atoms with Crippen LogP contribution in [0.15, 0.2) is 33.3 Å². The van der Waals surface area contributed by atoms with Crippen molar-refractivity contribution in [3.63, 3.8) is 0 Å². The van der Waals surface area contributed by atoms with Crippen LogP contribution in [-0.4, -0.2) is 11.5 Å². The van der Waals surface area contributed by atoms with E-state index in [0.29, 0.717) is 23.2 Å². The number of rotatable bonds is 5. The van der Waals surface area contributed by atoms with Crippen molar-refractivity contribution in [1.29, 1.82) is 0 Å². The zero-order valence-corrected chi connectivity index (χ0v) is 12.4. The standard InChI is InChI=1S/C13H14BrClN2O/c1-2-6-16-8-12-17-7-11(18-12)9-4-3-5-10(14)13(9)15/h3-5,7,16H,2,6,8H2,1H3. The second-order valence-corrected chi connectivity index (χ2v) is 5.13. The van der Waals surface area contributed by atoms with Gasteiger partial charge >= 0.3 is 0 Å². The Morgan fingerprint density at radius 3 is 3.06 bits per heavy atom. The summed E-state index contributed by atoms with van der Waals surface area (Å²) >= 11 is 9.61. The van der Waals surface area contributed by atoms with E-state index in [1.54, 1.807) is 6.20 Å². The van der Waals surface area contributed by atoms with Gasteiger partial charge < -0.3 is 9.73 Å². The summed E-state index contributed by atoms with van der Waals surface area (Å²) in [6.45, 7) is 3.71. The Labute approximate surface area is 120 Å². The van der Waals surface area contributed by atoms with Crippen LogP contribution < -0.4 is 5.32 Å². The Morgan fingerprint density at radius 1 is 1.44 bits per heavy atom. The third-order valence-corrected chi connectivity index (χ3v) is 3.77. The minimum Gasteiger partial charge on any atom is -0.439 e. The minimum absolute atomic E-state index is 0.638. The SMILES string of the molecule is CCCNCc1ncc(-c2cccc(Br)c2Cl)o1. The highest BCUT2D eigenvalue weighted by atomic mass is 79.9. The fourth-order valence-electron chi connectivity index (χ4n) is 1.58. The zero-order chi connectivity index (χ0) is 13.0. The number of nitrogens with one attached hydrogen (secondary N) is 1. The van der Waals surface area contributed by atoms with Gasteiger partial charge in [0, 0.05) is 10.0 Å². The van der Waals surface area contributed by atoms with Gasteiger partial charge in [0.2, 0.25) is 5.89 Å². The Balaban J connectivity index is 2.16. The van der Waals surface area contributed by atoms with Gasteiger partial charge in [0.25, 0.3) is 0 Å². The summed E-state index contributed by atoms with van der Waals surface area (Å²) in [6, 6.07) is 5.73. The van der Waals surface area contributed by atoms with Crippen LogP contribution in [0.4, 0.5) is 0 Å². The molecule has 0 atom stereocenters. The number of hydrogen-bond acceptors (Lipinski definition) is 3. The molecule has 2 rings (SSSR count). The van der Waals surface area contributed by atoms with E-state index in [-0.39, 0.29) is 0 Å². The molecule has 0 bridgehead atoms. The topological polar surface area (TPSA) is 38.1 Å². The summed E-state index contributed by atoms with van der Waals surface area (Å²) in [6.07, 6.45) is 2.79. The molecule has 0 spiro atoms. The van der Waals surface area contributed by atoms with Crippen molar-refractivity contribution < 1.29 is 4.42 Å². The summed E-state index contributed by atoms with van der Waals surface area (Å²) in [5, 5.41) is 3.88. The predicted molar refractivity (Wildman–Crippen MR) is 76.6 cm³/mol. The molecule has 96 valence electrons. The Kier molecular flexibility index (Phi) is 4.80. The van der Waals surface area contributed by atoms with Crippen LogP contribution in [0.2, 0.25) is 5.02 Å². The summed E-state index contributed by atoms with van der Waals surface area (Å²) in [5.74, 6) is 1.36. The molecule has 18 heavy (non-hydrogen) atoms. The molecule has 1 heterocycles. The molecule has 0 saturated heterocycles. The largest absolute Gasteiger partial charge is 0.439 e. The number of benzene rings is 1. The van der Waals surface area contributed by atoms with Crippen LogP contribution in [0.3, 0.4) is 0 Å². The first-order chi connectivity index (χ1) is 8.72. The summed E-state index contributed by atoms with van der Waals surface area (Å²) < 4.78 is 6.52. The van der Waals surface area contributed by atoms with Crippen molar-refractivity contribution in [3.8, 4) is 11.3 Å². The van der Waals surface area contributed by atoms with Gasteiger partial charge in [0.1, 0.15) is 0 Å². The van der Waals surface area contributed by atoms with E-state index in [9.17, 15) is 0 Å². The monoisotopic (exact) mass is 328 g/mol. The minimum atomic E-state index is 0.638. The van der Waals surface area contributed by atoms with Crippen LogP contribution >= 0.6 is 27.5 Å². The van der Waals surface area contributed by atoms with E-state index in [1.807, 2.05) is 18.2 Å². The molecule has 0 unspecified atom stereocenters. The molecular weight excluding hydrogens is 316 g/mol. The average Bonchev–Trinajstić information content (AvgIpc) is 2.82. The lowest BCUT2D eigenvalue weighted by atomic mass is 10.2. The first-order valence-electron chi connectivity index (χ1n) is 5.82. The molecule has 0 aliphatic carbocycles. The molecule has 0 aliphatic rings. The number of hydrogen-bond donors (Lipinski definition) is 1. The van der Waals surface area contributed by atoms with Crippen LogP contribution in [0.5, 0.6) is 0 Å². The van der Waals surface area contributed by atoms with E-state index in [4.69, 9.17) is 16.0 Å². The highest BCUT2D eigenvalue weighted by molar-refractivity contribution is 9.10. The third kappa shape index (κ3) is 3.13. The fourth-order valence-corrected chi connectivity index (χ4v) is 2.17. The highest BCUT2D eigenvalue weighted by Crippen LogP contribution is 2.33. The second-order valence-electron chi connectivity index (χ2n) is 3.90. The van der Waals surface area contributed by atoms with Crippen molar-refractivity contribution in [2.75, 3.05) is 6.54 Å². The molecule has 3 nitrogen and oxygen atoms in total. The molecule has 0 radical (unpaired) electrons. The van der Waals surface area contributed by atoms with Gasteiger partial charge in [0.05, 0.1) is 17.8 Å². The smallest absolute Gasteiger partial charge is 0.208 e. The molecule has 0 saturated carbocycles. The van der Waals surface area contributed by atoms with Gasteiger partial charge in [-0.25, -0.2) is 4.98 Å². The fraction of sp³-hybridized carbons (Fsp3) is 0.308. The van der Waals surface area contributed by atoms with Crippen molar-refractivity contribution in [2.24, 2.45) is 0 Å². The number of oxazole rings is 1. The van der Waals surface area contributed by atoms with Crippen molar-refractivity contribution >= 4 is 27.5 Å². The molecule has 0 amide bonds. The van der Waals surface area contributed by atoms with E-state index < -0.39 is 0 Å². The summed E-state index contributed by atoms with van der Waals surface area (Å²) in [4.78, 5) is 4.23. The Morgan fingerprint density at radius 2 is 2.28 bits per heavy atom. The van der Waals surface area contributed by atoms with Crippen LogP contribution in [0.25, 0.3) is 11.3 Å². The van der Waals surface area contributed by atoms with Crippen molar-refractivity contribution in [2.45, 2.75) is 19.9 Å². The lowest BCUT2D eigenvalue weighted by molar-refractivity contribution is 0.478. The Bertz CT molecular complexity index is 527. The van der Waals surface area contributed by atoms with Crippen LogP contribution in [0, 0.1) is 0 Å². The van der Waals surface area contributed by atoms with E-state index in [1.165, 1.54) is 0 Å². The van der Waals surface area contributed by atoms with E-state index >= 15 is 0 Å². The van der Waals surface area contributed by atoms with Crippen LogP contribution in [-0.2, 0) is 6.54 Å². The predicted octanol–water partition coefficient (Wildman–Crippen LogP) is 4.26. The van der Waals surface area contributed by atoms with Crippen molar-refractivity contribution in [1.82, 2.24) is 10.3 Å². The maximum Gasteiger partial charge on any atom is 0.208 e. The molecule has 5 heteroatoms. The first kappa shape index (κ1) is 13.6. The molecule has 2 aromatic rings. The lowest BCUT2D eigenvalue weighted by Gasteiger charge is -2.02. The van der Waals surface area contributed by atoms with E-state index in [0.717, 1.165) is 23.0 Å². The van der Waals surface area contributed by atoms with Gasteiger partial charge in [-0.05, 0) is 41.0 Å². The van der Waals surface area contributed by atoms with Gasteiger partial charge in [-0.15, -0.1) is 0 Å². The highest BCUT2D eigenvalue weighted by Gasteiger charge is 2.11. The normalized spacial score (nSPS) is 10.8. The number of nitrogens with zero attached hydrogens (tertiary/aromatic N) is 1. The summed E-state index contributed by atoms with van der Waals surface area (Å²) in [5.41, 5.74) is 0.847. The van der Waals surface area contributed by atoms with Gasteiger partial charge in [-0.1, -0.05) is 24.6 Å². The third-order valence-electron chi connectivity index (χ3n) is 2.47. The van der Waals surface area contributed by atoms with Gasteiger partial charge in [-0.3, -0.25) is 0 Å². The van der Waals surface area contributed by atoms with Gasteiger partial charge in [0.15, 0.2) is 5.76 Å². The van der Waals surface area contributed by atoms with Crippen molar-refractivity contribution in [3.05, 3.63) is 39.8 Å². The number of halogens is 2. The zero-order valence-electron chi connectivity index (χ0n) is 10.0. The molecule has 1 aromatic carbocycles. The maximum absolute atomic E-state index is 6.21.